The fourth-order valence-electron chi connectivity index (χ4n) is 3.39. The van der Waals surface area contributed by atoms with Crippen LogP contribution in [0.5, 0.6) is 0 Å². The Bertz CT molecular complexity index is 534. The van der Waals surface area contributed by atoms with Crippen LogP contribution in [0.15, 0.2) is 0 Å². The van der Waals surface area contributed by atoms with Gasteiger partial charge in [-0.2, -0.15) is 0 Å². The molecular weight excluding hydrogens is 314 g/mol. The molecule has 2 saturated heterocycles. The van der Waals surface area contributed by atoms with E-state index in [2.05, 4.69) is 0 Å². The van der Waals surface area contributed by atoms with Gasteiger partial charge in [-0.25, -0.2) is 4.79 Å². The second-order valence-electron chi connectivity index (χ2n) is 8.75. The van der Waals surface area contributed by atoms with Gasteiger partial charge in [0.15, 0.2) is 5.54 Å². The van der Waals surface area contributed by atoms with Crippen LogP contribution in [0.1, 0.15) is 48.0 Å². The van der Waals surface area contributed by atoms with Gasteiger partial charge in [0.2, 0.25) is 5.91 Å². The molecule has 1 amide bonds. The molecule has 0 radical (unpaired) electrons. The first-order chi connectivity index (χ1) is 10.8. The van der Waals surface area contributed by atoms with Crippen LogP contribution in [0, 0.1) is 5.41 Å². The van der Waals surface area contributed by atoms with E-state index in [1.807, 2.05) is 41.5 Å². The summed E-state index contributed by atoms with van der Waals surface area (Å²) in [7, 11) is 1.24. The van der Waals surface area contributed by atoms with Crippen LogP contribution in [-0.4, -0.2) is 65.2 Å². The SMILES string of the molecule is COC(=O)[C@]12CO[C@H](C(C)(C)C)N1C(=O)C[C@]2(O)COC(C)(C)C. The number of methoxy groups -OCH3 is 1. The Morgan fingerprint density at radius 2 is 1.92 bits per heavy atom. The van der Waals surface area contributed by atoms with Gasteiger partial charge in [-0.15, -0.1) is 0 Å². The molecule has 24 heavy (non-hydrogen) atoms. The zero-order chi connectivity index (χ0) is 18.6. The van der Waals surface area contributed by atoms with Gasteiger partial charge in [0.25, 0.3) is 0 Å². The lowest BCUT2D eigenvalue weighted by Gasteiger charge is -2.41. The molecule has 0 spiro atoms. The maximum absolute atomic E-state index is 12.7. The van der Waals surface area contributed by atoms with Crippen LogP contribution >= 0.6 is 0 Å². The minimum atomic E-state index is -1.70. The first kappa shape index (κ1) is 19.1. The van der Waals surface area contributed by atoms with Crippen molar-refractivity contribution in [2.45, 2.75) is 70.9 Å². The van der Waals surface area contributed by atoms with E-state index < -0.39 is 34.4 Å². The summed E-state index contributed by atoms with van der Waals surface area (Å²) >= 11 is 0. The molecule has 1 N–H and O–H groups in total. The number of nitrogens with zero attached hydrogens (tertiary/aromatic N) is 1. The summed E-state index contributed by atoms with van der Waals surface area (Å²) in [5.41, 5.74) is -4.22. The second kappa shape index (κ2) is 5.68. The molecule has 0 aromatic heterocycles. The topological polar surface area (TPSA) is 85.3 Å². The fraction of sp³-hybridized carbons (Fsp3) is 0.882. The molecule has 0 aliphatic carbocycles. The molecule has 0 saturated carbocycles. The highest BCUT2D eigenvalue weighted by Crippen LogP contribution is 2.50. The molecule has 7 heteroatoms. The van der Waals surface area contributed by atoms with Gasteiger partial charge in [-0.05, 0) is 20.8 Å². The van der Waals surface area contributed by atoms with E-state index in [-0.39, 0.29) is 25.5 Å². The third-order valence-corrected chi connectivity index (χ3v) is 4.59. The summed E-state index contributed by atoms with van der Waals surface area (Å²) in [4.78, 5) is 26.7. The zero-order valence-corrected chi connectivity index (χ0v) is 15.6. The maximum Gasteiger partial charge on any atom is 0.337 e. The molecule has 0 unspecified atom stereocenters. The summed E-state index contributed by atoms with van der Waals surface area (Å²) in [5, 5.41) is 11.3. The smallest absolute Gasteiger partial charge is 0.337 e. The molecular formula is C17H29NO6. The summed E-state index contributed by atoms with van der Waals surface area (Å²) in [6.07, 6.45) is -0.818. The molecule has 2 aliphatic rings. The van der Waals surface area contributed by atoms with Gasteiger partial charge < -0.3 is 19.3 Å². The van der Waals surface area contributed by atoms with Crippen molar-refractivity contribution in [3.63, 3.8) is 0 Å². The van der Waals surface area contributed by atoms with Crippen LogP contribution in [0.2, 0.25) is 0 Å². The highest BCUT2D eigenvalue weighted by Gasteiger charge is 2.73. The Balaban J connectivity index is 2.48. The normalized spacial score (nSPS) is 33.8. The third-order valence-electron chi connectivity index (χ3n) is 4.59. The summed E-state index contributed by atoms with van der Waals surface area (Å²) in [5.74, 6) is -1.02. The summed E-state index contributed by atoms with van der Waals surface area (Å²) in [6, 6.07) is 0. The van der Waals surface area contributed by atoms with Crippen LogP contribution in [0.4, 0.5) is 0 Å². The van der Waals surface area contributed by atoms with E-state index in [9.17, 15) is 14.7 Å². The lowest BCUT2D eigenvalue weighted by Crippen LogP contribution is -2.66. The molecule has 0 aromatic carbocycles. The van der Waals surface area contributed by atoms with Crippen LogP contribution in [-0.2, 0) is 23.8 Å². The molecule has 138 valence electrons. The van der Waals surface area contributed by atoms with Crippen molar-refractivity contribution in [2.24, 2.45) is 5.41 Å². The highest BCUT2D eigenvalue weighted by atomic mass is 16.6. The number of carbonyl (C=O) groups excluding carboxylic acids is 2. The Hall–Kier alpha value is -1.18. The van der Waals surface area contributed by atoms with Gasteiger partial charge >= 0.3 is 5.97 Å². The number of aliphatic hydroxyl groups is 1. The van der Waals surface area contributed by atoms with Gasteiger partial charge in [0.05, 0.1) is 32.3 Å². The number of hydrogen-bond donors (Lipinski definition) is 1. The van der Waals surface area contributed by atoms with Crippen molar-refractivity contribution in [2.75, 3.05) is 20.3 Å². The van der Waals surface area contributed by atoms with Gasteiger partial charge in [-0.1, -0.05) is 20.8 Å². The first-order valence-corrected chi connectivity index (χ1v) is 8.17. The van der Waals surface area contributed by atoms with Crippen LogP contribution in [0.25, 0.3) is 0 Å². The lowest BCUT2D eigenvalue weighted by molar-refractivity contribution is -0.179. The van der Waals surface area contributed by atoms with E-state index in [4.69, 9.17) is 14.2 Å². The summed E-state index contributed by atoms with van der Waals surface area (Å²) < 4.78 is 16.5. The maximum atomic E-state index is 12.7. The quantitative estimate of drug-likeness (QED) is 0.772. The Morgan fingerprint density at radius 3 is 2.38 bits per heavy atom. The number of fused-ring (bicyclic) bond motifs is 1. The molecule has 2 rings (SSSR count). The van der Waals surface area contributed by atoms with Crippen molar-refractivity contribution in [3.05, 3.63) is 0 Å². The van der Waals surface area contributed by atoms with Crippen molar-refractivity contribution in [3.8, 4) is 0 Å². The molecule has 7 nitrogen and oxygen atoms in total. The molecule has 2 fully saturated rings. The van der Waals surface area contributed by atoms with Crippen LogP contribution < -0.4 is 0 Å². The Kier molecular flexibility index (Phi) is 4.53. The van der Waals surface area contributed by atoms with E-state index in [0.717, 1.165) is 0 Å². The Labute approximate surface area is 143 Å². The number of amides is 1. The van der Waals surface area contributed by atoms with Crippen molar-refractivity contribution >= 4 is 11.9 Å². The van der Waals surface area contributed by atoms with Crippen molar-refractivity contribution in [1.29, 1.82) is 0 Å². The average Bonchev–Trinajstić information content (AvgIpc) is 2.93. The zero-order valence-electron chi connectivity index (χ0n) is 15.6. The van der Waals surface area contributed by atoms with Gasteiger partial charge in [0.1, 0.15) is 11.8 Å². The molecule has 3 atom stereocenters. The number of rotatable bonds is 3. The summed E-state index contributed by atoms with van der Waals surface area (Å²) in [6.45, 7) is 11.0. The highest BCUT2D eigenvalue weighted by molar-refractivity contribution is 5.95. The van der Waals surface area contributed by atoms with E-state index in [1.54, 1.807) is 0 Å². The van der Waals surface area contributed by atoms with Crippen molar-refractivity contribution < 1.29 is 28.9 Å². The molecule has 0 aromatic rings. The largest absolute Gasteiger partial charge is 0.467 e. The van der Waals surface area contributed by atoms with E-state index >= 15 is 0 Å². The first-order valence-electron chi connectivity index (χ1n) is 8.17. The van der Waals surface area contributed by atoms with E-state index in [1.165, 1.54) is 12.0 Å². The van der Waals surface area contributed by atoms with E-state index in [0.29, 0.717) is 0 Å². The molecule has 2 heterocycles. The Morgan fingerprint density at radius 1 is 1.33 bits per heavy atom. The standard InChI is InChI=1S/C17H29NO6/c1-14(2,3)12-18-11(19)8-16(21,9-24-15(4,5)6)17(18,10-23-12)13(20)22-7/h12,21H,8-10H2,1-7H3/t12-,16+,17+/m1/s1. The fourth-order valence-corrected chi connectivity index (χ4v) is 3.39. The predicted molar refractivity (Wildman–Crippen MR) is 86.1 cm³/mol. The third kappa shape index (κ3) is 2.82. The van der Waals surface area contributed by atoms with Crippen molar-refractivity contribution in [1.82, 2.24) is 4.90 Å². The number of ether oxygens (including phenoxy) is 3. The van der Waals surface area contributed by atoms with Gasteiger partial charge in [0, 0.05) is 5.41 Å². The minimum Gasteiger partial charge on any atom is -0.467 e. The number of esters is 1. The minimum absolute atomic E-state index is 0.114. The number of hydrogen-bond acceptors (Lipinski definition) is 6. The monoisotopic (exact) mass is 343 g/mol. The second-order valence-corrected chi connectivity index (χ2v) is 8.75. The number of carbonyl (C=O) groups is 2. The molecule has 0 bridgehead atoms. The van der Waals surface area contributed by atoms with Crippen LogP contribution in [0.3, 0.4) is 0 Å². The predicted octanol–water partition coefficient (Wildman–Crippen LogP) is 1.08. The molecule has 2 aliphatic heterocycles. The lowest BCUT2D eigenvalue weighted by atomic mass is 9.81. The average molecular weight is 343 g/mol. The van der Waals surface area contributed by atoms with Gasteiger partial charge in [-0.3, -0.25) is 9.69 Å².